The van der Waals surface area contributed by atoms with Crippen molar-refractivity contribution < 1.29 is 14.7 Å². The second-order valence-electron chi connectivity index (χ2n) is 4.13. The van der Waals surface area contributed by atoms with Gasteiger partial charge < -0.3 is 10.4 Å². The number of aliphatic carboxylic acids is 1. The van der Waals surface area contributed by atoms with Gasteiger partial charge in [-0.2, -0.15) is 0 Å². The lowest BCUT2D eigenvalue weighted by Gasteiger charge is -2.20. The number of rotatable bonds is 7. The van der Waals surface area contributed by atoms with Crippen LogP contribution in [0.1, 0.15) is 34.1 Å². The number of hydrogen-bond acceptors (Lipinski definition) is 3. The Kier molecular flexibility index (Phi) is 7.21. The predicted molar refractivity (Wildman–Crippen MR) is 66.6 cm³/mol. The molecule has 94 valence electrons. The molecular weight excluding hydrogens is 226 g/mol. The van der Waals surface area contributed by atoms with Gasteiger partial charge in [-0.25, -0.2) is 4.79 Å². The Balaban J connectivity index is 4.19. The summed E-state index contributed by atoms with van der Waals surface area (Å²) in [6, 6.07) is -0.773. The van der Waals surface area contributed by atoms with Gasteiger partial charge in [0.2, 0.25) is 5.91 Å². The minimum absolute atomic E-state index is 0.0505. The molecule has 0 aromatic carbocycles. The van der Waals surface area contributed by atoms with Crippen LogP contribution in [0.3, 0.4) is 0 Å². The van der Waals surface area contributed by atoms with Crippen molar-refractivity contribution in [1.29, 1.82) is 0 Å². The van der Waals surface area contributed by atoms with E-state index in [1.807, 2.05) is 27.7 Å². The predicted octanol–water partition coefficient (Wildman–Crippen LogP) is 1.74. The maximum Gasteiger partial charge on any atom is 0.326 e. The maximum atomic E-state index is 11.5. The number of thioether (sulfide) groups is 1. The Labute approximate surface area is 101 Å². The first-order valence-electron chi connectivity index (χ1n) is 5.52. The van der Waals surface area contributed by atoms with Crippen molar-refractivity contribution in [2.24, 2.45) is 5.92 Å². The van der Waals surface area contributed by atoms with Gasteiger partial charge in [0, 0.05) is 0 Å². The van der Waals surface area contributed by atoms with Crippen LogP contribution in [-0.2, 0) is 9.59 Å². The number of carbonyl (C=O) groups excluding carboxylic acids is 1. The van der Waals surface area contributed by atoms with Crippen LogP contribution in [0.4, 0.5) is 0 Å². The number of carboxylic acids is 1. The minimum Gasteiger partial charge on any atom is -0.480 e. The second kappa shape index (κ2) is 7.54. The van der Waals surface area contributed by atoms with Crippen molar-refractivity contribution in [3.8, 4) is 0 Å². The molecule has 0 saturated heterocycles. The summed E-state index contributed by atoms with van der Waals surface area (Å²) >= 11 is 1.51. The number of carboxylic acid groups (broad SMARTS) is 1. The van der Waals surface area contributed by atoms with Gasteiger partial charge in [-0.1, -0.05) is 34.1 Å². The Morgan fingerprint density at radius 3 is 2.25 bits per heavy atom. The first-order valence-corrected chi connectivity index (χ1v) is 6.57. The van der Waals surface area contributed by atoms with Gasteiger partial charge in [0.15, 0.2) is 0 Å². The van der Waals surface area contributed by atoms with E-state index < -0.39 is 12.0 Å². The number of nitrogens with one attached hydrogen (secondary N) is 1. The van der Waals surface area contributed by atoms with Crippen LogP contribution in [0.5, 0.6) is 0 Å². The Morgan fingerprint density at radius 2 is 1.88 bits per heavy atom. The fourth-order valence-electron chi connectivity index (χ4n) is 1.14. The number of hydrogen-bond donors (Lipinski definition) is 2. The Bertz CT molecular complexity index is 243. The van der Waals surface area contributed by atoms with E-state index >= 15 is 0 Å². The van der Waals surface area contributed by atoms with Crippen LogP contribution < -0.4 is 5.32 Å². The highest BCUT2D eigenvalue weighted by Crippen LogP contribution is 2.11. The molecule has 0 aliphatic rings. The normalized spacial score (nSPS) is 14.6. The van der Waals surface area contributed by atoms with Crippen molar-refractivity contribution in [3.63, 3.8) is 0 Å². The summed E-state index contributed by atoms with van der Waals surface area (Å²) < 4.78 is 0. The third-order valence-electron chi connectivity index (χ3n) is 2.34. The molecule has 0 aromatic rings. The largest absolute Gasteiger partial charge is 0.480 e. The van der Waals surface area contributed by atoms with Crippen molar-refractivity contribution in [2.75, 3.05) is 5.75 Å². The van der Waals surface area contributed by atoms with Gasteiger partial charge in [-0.3, -0.25) is 4.79 Å². The molecule has 16 heavy (non-hydrogen) atoms. The molecular formula is C11H21NO3S. The second-order valence-corrected chi connectivity index (χ2v) is 5.69. The average molecular weight is 247 g/mol. The summed E-state index contributed by atoms with van der Waals surface area (Å²) in [6.45, 7) is 7.74. The molecule has 0 bridgehead atoms. The summed E-state index contributed by atoms with van der Waals surface area (Å²) in [5.41, 5.74) is 0. The molecule has 1 amide bonds. The van der Waals surface area contributed by atoms with Gasteiger partial charge in [-0.05, 0) is 11.2 Å². The van der Waals surface area contributed by atoms with Crippen LogP contribution in [0.15, 0.2) is 0 Å². The fraction of sp³-hybridized carbons (Fsp3) is 0.818. The van der Waals surface area contributed by atoms with Crippen molar-refractivity contribution in [3.05, 3.63) is 0 Å². The summed E-state index contributed by atoms with van der Waals surface area (Å²) in [4.78, 5) is 22.4. The molecule has 5 heteroatoms. The van der Waals surface area contributed by atoms with Gasteiger partial charge in [-0.15, -0.1) is 11.8 Å². The molecule has 0 rings (SSSR count). The fourth-order valence-corrected chi connectivity index (χ4v) is 1.71. The van der Waals surface area contributed by atoms with E-state index in [2.05, 4.69) is 5.32 Å². The third-order valence-corrected chi connectivity index (χ3v) is 3.44. The molecule has 4 nitrogen and oxygen atoms in total. The number of carbonyl (C=O) groups is 2. The van der Waals surface area contributed by atoms with E-state index in [0.29, 0.717) is 11.0 Å². The van der Waals surface area contributed by atoms with Gasteiger partial charge in [0.1, 0.15) is 6.04 Å². The molecule has 0 radical (unpaired) electrons. The van der Waals surface area contributed by atoms with Crippen molar-refractivity contribution >= 4 is 23.6 Å². The average Bonchev–Trinajstić information content (AvgIpc) is 2.21. The Hall–Kier alpha value is -0.710. The molecule has 2 atom stereocenters. The Morgan fingerprint density at radius 1 is 1.31 bits per heavy atom. The topological polar surface area (TPSA) is 66.4 Å². The maximum absolute atomic E-state index is 11.5. The lowest BCUT2D eigenvalue weighted by atomic mass is 9.99. The summed E-state index contributed by atoms with van der Waals surface area (Å²) in [5, 5.41) is 11.9. The molecule has 0 aromatic heterocycles. The standard InChI is InChI=1S/C11H21NO3S/c1-5-8(4)10(11(14)15)12-9(13)6-16-7(2)3/h7-8,10H,5-6H2,1-4H3,(H,12,13)(H,14,15). The molecule has 0 aliphatic carbocycles. The van der Waals surface area contributed by atoms with Crippen molar-refractivity contribution in [2.45, 2.75) is 45.4 Å². The monoisotopic (exact) mass is 247 g/mol. The van der Waals surface area contributed by atoms with Gasteiger partial charge in [0.05, 0.1) is 5.75 Å². The van der Waals surface area contributed by atoms with Crippen molar-refractivity contribution in [1.82, 2.24) is 5.32 Å². The zero-order chi connectivity index (χ0) is 12.7. The van der Waals surface area contributed by atoms with Gasteiger partial charge in [0.25, 0.3) is 0 Å². The molecule has 0 spiro atoms. The lowest BCUT2D eigenvalue weighted by Crippen LogP contribution is -2.45. The van der Waals surface area contributed by atoms with E-state index in [-0.39, 0.29) is 11.8 Å². The SMILES string of the molecule is CCC(C)C(NC(=O)CSC(C)C)C(=O)O. The van der Waals surface area contributed by atoms with E-state index in [4.69, 9.17) is 5.11 Å². The van der Waals surface area contributed by atoms with Gasteiger partial charge >= 0.3 is 5.97 Å². The van der Waals surface area contributed by atoms with E-state index in [1.54, 1.807) is 0 Å². The zero-order valence-electron chi connectivity index (χ0n) is 10.3. The van der Waals surface area contributed by atoms with E-state index in [9.17, 15) is 9.59 Å². The smallest absolute Gasteiger partial charge is 0.326 e. The zero-order valence-corrected chi connectivity index (χ0v) is 11.1. The highest BCUT2D eigenvalue weighted by atomic mass is 32.2. The molecule has 0 heterocycles. The highest BCUT2D eigenvalue weighted by molar-refractivity contribution is 8.00. The first kappa shape index (κ1) is 15.3. The molecule has 0 fully saturated rings. The van der Waals surface area contributed by atoms with Crippen LogP contribution in [0, 0.1) is 5.92 Å². The number of amides is 1. The van der Waals surface area contributed by atoms with E-state index in [1.165, 1.54) is 11.8 Å². The highest BCUT2D eigenvalue weighted by Gasteiger charge is 2.25. The molecule has 2 unspecified atom stereocenters. The van der Waals surface area contributed by atoms with Crippen LogP contribution >= 0.6 is 11.8 Å². The molecule has 0 aliphatic heterocycles. The summed E-state index contributed by atoms with van der Waals surface area (Å²) in [6.07, 6.45) is 0.731. The first-order chi connectivity index (χ1) is 7.38. The minimum atomic E-state index is -0.961. The van der Waals surface area contributed by atoms with E-state index in [0.717, 1.165) is 6.42 Å². The quantitative estimate of drug-likeness (QED) is 0.719. The summed E-state index contributed by atoms with van der Waals surface area (Å²) in [5.74, 6) is -0.896. The van der Waals surface area contributed by atoms with Crippen LogP contribution in [0.2, 0.25) is 0 Å². The lowest BCUT2D eigenvalue weighted by molar-refractivity contribution is -0.143. The summed E-state index contributed by atoms with van der Waals surface area (Å²) in [7, 11) is 0. The van der Waals surface area contributed by atoms with Crippen LogP contribution in [-0.4, -0.2) is 34.0 Å². The molecule has 2 N–H and O–H groups in total. The molecule has 0 saturated carbocycles. The van der Waals surface area contributed by atoms with Crippen LogP contribution in [0.25, 0.3) is 0 Å². The third kappa shape index (κ3) is 6.00.